The fourth-order valence-electron chi connectivity index (χ4n) is 3.06. The zero-order valence-corrected chi connectivity index (χ0v) is 14.8. The van der Waals surface area contributed by atoms with Gasteiger partial charge in [0.1, 0.15) is 5.60 Å². The third-order valence-corrected chi connectivity index (χ3v) is 4.24. The zero-order valence-electron chi connectivity index (χ0n) is 14.8. The summed E-state index contributed by atoms with van der Waals surface area (Å²) in [5, 5.41) is 2.74. The quantitative estimate of drug-likeness (QED) is 0.912. The zero-order chi connectivity index (χ0) is 18.0. The van der Waals surface area contributed by atoms with Crippen molar-refractivity contribution in [3.63, 3.8) is 0 Å². The molecule has 0 saturated heterocycles. The summed E-state index contributed by atoms with van der Waals surface area (Å²) in [4.78, 5) is 24.3. The minimum Gasteiger partial charge on any atom is -0.444 e. The highest BCUT2D eigenvalue weighted by Crippen LogP contribution is 2.33. The van der Waals surface area contributed by atoms with Gasteiger partial charge in [0.2, 0.25) is 0 Å². The van der Waals surface area contributed by atoms with Crippen LogP contribution in [-0.4, -0.2) is 17.5 Å². The Morgan fingerprint density at radius 1 is 1.12 bits per heavy atom. The van der Waals surface area contributed by atoms with E-state index >= 15 is 0 Å². The first-order valence-corrected chi connectivity index (χ1v) is 8.51. The Balaban J connectivity index is 1.62. The molecule has 2 aromatic rings. The van der Waals surface area contributed by atoms with Crippen LogP contribution in [0.5, 0.6) is 0 Å². The topological polar surface area (TPSA) is 55.4 Å². The molecule has 0 aliphatic heterocycles. The molecule has 1 unspecified atom stereocenters. The smallest absolute Gasteiger partial charge is 0.407 e. The summed E-state index contributed by atoms with van der Waals surface area (Å²) in [5.41, 5.74) is 3.43. The van der Waals surface area contributed by atoms with E-state index in [2.05, 4.69) is 5.32 Å². The van der Waals surface area contributed by atoms with Crippen LogP contribution in [0.3, 0.4) is 0 Å². The van der Waals surface area contributed by atoms with Crippen molar-refractivity contribution in [1.29, 1.82) is 0 Å². The van der Waals surface area contributed by atoms with Crippen molar-refractivity contribution < 1.29 is 14.3 Å². The van der Waals surface area contributed by atoms with Crippen LogP contribution < -0.4 is 5.32 Å². The van der Waals surface area contributed by atoms with Gasteiger partial charge in [0.25, 0.3) is 0 Å². The van der Waals surface area contributed by atoms with E-state index < -0.39 is 11.7 Å². The van der Waals surface area contributed by atoms with Gasteiger partial charge < -0.3 is 10.1 Å². The molecule has 0 fully saturated rings. The summed E-state index contributed by atoms with van der Waals surface area (Å²) in [6, 6.07) is 15.6. The number of amides is 1. The second kappa shape index (κ2) is 6.71. The van der Waals surface area contributed by atoms with Crippen molar-refractivity contribution in [2.24, 2.45) is 0 Å². The largest absolute Gasteiger partial charge is 0.444 e. The number of fused-ring (bicyclic) bond motifs is 1. The maximum atomic E-state index is 12.6. The van der Waals surface area contributed by atoms with E-state index in [1.807, 2.05) is 69.3 Å². The predicted octanol–water partition coefficient (Wildman–Crippen LogP) is 4.23. The van der Waals surface area contributed by atoms with Gasteiger partial charge in [-0.15, -0.1) is 0 Å². The lowest BCUT2D eigenvalue weighted by atomic mass is 9.94. The number of carbonyl (C=O) groups is 2. The van der Waals surface area contributed by atoms with E-state index in [1.54, 1.807) is 0 Å². The molecule has 4 heteroatoms. The molecule has 0 saturated carbocycles. The van der Waals surface area contributed by atoms with Crippen molar-refractivity contribution in [3.8, 4) is 0 Å². The second-order valence-electron chi connectivity index (χ2n) is 7.38. The molecule has 1 atom stereocenters. The van der Waals surface area contributed by atoms with Gasteiger partial charge in [0.05, 0.1) is 5.92 Å². The Morgan fingerprint density at radius 2 is 1.80 bits per heavy atom. The number of ether oxygens (including phenoxy) is 1. The number of nitrogens with one attached hydrogen (secondary N) is 1. The van der Waals surface area contributed by atoms with Crippen molar-refractivity contribution in [1.82, 2.24) is 5.32 Å². The van der Waals surface area contributed by atoms with Gasteiger partial charge in [-0.25, -0.2) is 4.79 Å². The van der Waals surface area contributed by atoms with Crippen molar-refractivity contribution >= 4 is 11.9 Å². The Hall–Kier alpha value is -2.62. The Labute approximate surface area is 148 Å². The lowest BCUT2D eigenvalue weighted by Gasteiger charge is -2.19. The number of hydrogen-bond donors (Lipinski definition) is 1. The third kappa shape index (κ3) is 4.08. The molecule has 1 aliphatic rings. The predicted molar refractivity (Wildman–Crippen MR) is 96.7 cm³/mol. The highest BCUT2D eigenvalue weighted by molar-refractivity contribution is 6.05. The van der Waals surface area contributed by atoms with Gasteiger partial charge in [-0.05, 0) is 43.9 Å². The molecule has 130 valence electrons. The molecule has 0 heterocycles. The van der Waals surface area contributed by atoms with Gasteiger partial charge in [0, 0.05) is 12.1 Å². The Bertz CT molecular complexity index is 788. The number of hydrogen-bond acceptors (Lipinski definition) is 3. The third-order valence-electron chi connectivity index (χ3n) is 4.24. The number of alkyl carbamates (subject to hydrolysis) is 1. The maximum absolute atomic E-state index is 12.6. The SMILES string of the molecule is CC(C)(C)OC(=O)NCc1ccc(C2Cc3ccccc3C2=O)cc1. The van der Waals surface area contributed by atoms with E-state index in [1.165, 1.54) is 0 Å². The molecular formula is C21H23NO3. The van der Waals surface area contributed by atoms with Gasteiger partial charge in [-0.2, -0.15) is 0 Å². The molecule has 0 bridgehead atoms. The van der Waals surface area contributed by atoms with Gasteiger partial charge in [-0.3, -0.25) is 4.79 Å². The first kappa shape index (κ1) is 17.2. The van der Waals surface area contributed by atoms with E-state index in [9.17, 15) is 9.59 Å². The van der Waals surface area contributed by atoms with Crippen molar-refractivity contribution in [2.75, 3.05) is 0 Å². The van der Waals surface area contributed by atoms with E-state index in [4.69, 9.17) is 4.74 Å². The summed E-state index contributed by atoms with van der Waals surface area (Å²) < 4.78 is 5.22. The first-order valence-electron chi connectivity index (χ1n) is 8.51. The number of carbonyl (C=O) groups excluding carboxylic acids is 2. The highest BCUT2D eigenvalue weighted by Gasteiger charge is 2.31. The Kier molecular flexibility index (Phi) is 4.62. The summed E-state index contributed by atoms with van der Waals surface area (Å²) in [7, 11) is 0. The molecule has 2 aromatic carbocycles. The lowest BCUT2D eigenvalue weighted by Crippen LogP contribution is -2.32. The second-order valence-corrected chi connectivity index (χ2v) is 7.38. The summed E-state index contributed by atoms with van der Waals surface area (Å²) in [6.07, 6.45) is 0.322. The normalized spacial score (nSPS) is 16.4. The molecule has 1 aliphatic carbocycles. The average molecular weight is 337 g/mol. The summed E-state index contributed by atoms with van der Waals surface area (Å²) in [5.74, 6) is 0.0838. The molecular weight excluding hydrogens is 314 g/mol. The Morgan fingerprint density at radius 3 is 2.44 bits per heavy atom. The van der Waals surface area contributed by atoms with Crippen molar-refractivity contribution in [2.45, 2.75) is 45.3 Å². The summed E-state index contributed by atoms with van der Waals surface area (Å²) >= 11 is 0. The van der Waals surface area contributed by atoms with Gasteiger partial charge in [-0.1, -0.05) is 48.5 Å². The minimum absolute atomic E-state index is 0.106. The van der Waals surface area contributed by atoms with Crippen LogP contribution in [0.4, 0.5) is 4.79 Å². The van der Waals surface area contributed by atoms with Gasteiger partial charge in [0.15, 0.2) is 5.78 Å². The standard InChI is InChI=1S/C21H23NO3/c1-21(2,3)25-20(24)22-13-14-8-10-15(11-9-14)18-12-16-6-4-5-7-17(16)19(18)23/h4-11,18H,12-13H2,1-3H3,(H,22,24). The molecule has 1 N–H and O–H groups in total. The van der Waals surface area contributed by atoms with Crippen LogP contribution in [-0.2, 0) is 17.7 Å². The highest BCUT2D eigenvalue weighted by atomic mass is 16.6. The molecule has 3 rings (SSSR count). The number of benzene rings is 2. The fraction of sp³-hybridized carbons (Fsp3) is 0.333. The number of Topliss-reactive ketones (excluding diaryl/α,β-unsaturated/α-hetero) is 1. The monoisotopic (exact) mass is 337 g/mol. The summed E-state index contributed by atoms with van der Waals surface area (Å²) in [6.45, 7) is 5.89. The van der Waals surface area contributed by atoms with Crippen LogP contribution in [0.1, 0.15) is 53.7 Å². The fourth-order valence-corrected chi connectivity index (χ4v) is 3.06. The van der Waals surface area contributed by atoms with Crippen LogP contribution in [0, 0.1) is 0 Å². The molecule has 4 nitrogen and oxygen atoms in total. The van der Waals surface area contributed by atoms with E-state index in [-0.39, 0.29) is 11.7 Å². The molecule has 1 amide bonds. The molecule has 0 aromatic heterocycles. The van der Waals surface area contributed by atoms with Crippen molar-refractivity contribution in [3.05, 3.63) is 70.8 Å². The molecule has 0 spiro atoms. The minimum atomic E-state index is -0.508. The van der Waals surface area contributed by atoms with E-state index in [0.717, 1.165) is 28.7 Å². The average Bonchev–Trinajstić information content (AvgIpc) is 2.89. The van der Waals surface area contributed by atoms with E-state index in [0.29, 0.717) is 6.54 Å². The number of ketones is 1. The molecule has 0 radical (unpaired) electrons. The lowest BCUT2D eigenvalue weighted by molar-refractivity contribution is 0.0523. The molecule has 25 heavy (non-hydrogen) atoms. The van der Waals surface area contributed by atoms with Crippen LogP contribution in [0.25, 0.3) is 0 Å². The van der Waals surface area contributed by atoms with Crippen LogP contribution in [0.2, 0.25) is 0 Å². The maximum Gasteiger partial charge on any atom is 0.407 e. The van der Waals surface area contributed by atoms with Crippen LogP contribution >= 0.6 is 0 Å². The van der Waals surface area contributed by atoms with Crippen LogP contribution in [0.15, 0.2) is 48.5 Å². The number of rotatable bonds is 3. The first-order chi connectivity index (χ1) is 11.8. The van der Waals surface area contributed by atoms with Gasteiger partial charge >= 0.3 is 6.09 Å².